The van der Waals surface area contributed by atoms with Crippen LogP contribution in [0, 0.1) is 0 Å². The summed E-state index contributed by atoms with van der Waals surface area (Å²) in [7, 11) is 0. The largest absolute Gasteiger partial charge is 0.478 e. The van der Waals surface area contributed by atoms with E-state index >= 15 is 0 Å². The van der Waals surface area contributed by atoms with Crippen LogP contribution in [0.25, 0.3) is 0 Å². The van der Waals surface area contributed by atoms with E-state index in [0.717, 1.165) is 19.4 Å². The molecule has 0 saturated carbocycles. The summed E-state index contributed by atoms with van der Waals surface area (Å²) in [6, 6.07) is 1.32. The van der Waals surface area contributed by atoms with Crippen LogP contribution in [0.5, 0.6) is 5.88 Å². The number of nitrogens with zero attached hydrogens (tertiary/aromatic N) is 2. The fraction of sp³-hybridized carbons (Fsp3) is 0.500. The van der Waals surface area contributed by atoms with E-state index in [2.05, 4.69) is 4.98 Å². The van der Waals surface area contributed by atoms with Crippen LogP contribution >= 0.6 is 11.6 Å². The second-order valence-corrected chi connectivity index (χ2v) is 5.27. The van der Waals surface area contributed by atoms with Gasteiger partial charge in [0.15, 0.2) is 0 Å². The molecule has 1 saturated heterocycles. The summed E-state index contributed by atoms with van der Waals surface area (Å²) in [6.45, 7) is 2.90. The number of carboxylic acids is 1. The van der Waals surface area contributed by atoms with Crippen LogP contribution in [0.2, 0.25) is 5.02 Å². The zero-order valence-electron chi connectivity index (χ0n) is 11.7. The lowest BCUT2D eigenvalue weighted by atomic mass is 10.2. The highest BCUT2D eigenvalue weighted by Gasteiger charge is 2.28. The molecule has 1 aromatic rings. The van der Waals surface area contributed by atoms with E-state index in [1.54, 1.807) is 0 Å². The maximum absolute atomic E-state index is 11.8. The van der Waals surface area contributed by atoms with Crippen molar-refractivity contribution in [2.45, 2.75) is 32.2 Å². The number of carboxylic acid groups (broad SMARTS) is 1. The first-order valence-corrected chi connectivity index (χ1v) is 7.21. The number of aromatic carboxylic acids is 1. The van der Waals surface area contributed by atoms with Crippen molar-refractivity contribution in [3.8, 4) is 5.88 Å². The molecule has 1 aliphatic heterocycles. The SMILES string of the molecule is CCC(=O)N1CCC[C@H]1COc1ncc(C(=O)O)cc1Cl. The van der Waals surface area contributed by atoms with Crippen molar-refractivity contribution in [1.82, 2.24) is 9.88 Å². The molecule has 0 spiro atoms. The van der Waals surface area contributed by atoms with E-state index in [1.807, 2.05) is 11.8 Å². The topological polar surface area (TPSA) is 79.7 Å². The minimum atomic E-state index is -1.09. The Kier molecular flexibility index (Phi) is 5.01. The molecular weight excluding hydrogens is 296 g/mol. The molecule has 21 heavy (non-hydrogen) atoms. The summed E-state index contributed by atoms with van der Waals surface area (Å²) in [5.74, 6) is -0.787. The monoisotopic (exact) mass is 312 g/mol. The minimum absolute atomic E-state index is 0.0102. The van der Waals surface area contributed by atoms with Crippen molar-refractivity contribution in [3.05, 3.63) is 22.8 Å². The smallest absolute Gasteiger partial charge is 0.337 e. The molecule has 1 atom stereocenters. The number of hydrogen-bond donors (Lipinski definition) is 1. The third-order valence-corrected chi connectivity index (χ3v) is 3.74. The van der Waals surface area contributed by atoms with Crippen molar-refractivity contribution in [3.63, 3.8) is 0 Å². The van der Waals surface area contributed by atoms with Gasteiger partial charge in [0.1, 0.15) is 11.6 Å². The molecular formula is C14H17ClN2O4. The lowest BCUT2D eigenvalue weighted by Gasteiger charge is -2.24. The molecule has 0 aliphatic carbocycles. The second kappa shape index (κ2) is 6.76. The van der Waals surface area contributed by atoms with Crippen molar-refractivity contribution in [2.75, 3.05) is 13.2 Å². The lowest BCUT2D eigenvalue weighted by molar-refractivity contribution is -0.132. The van der Waals surface area contributed by atoms with Crippen LogP contribution < -0.4 is 4.74 Å². The standard InChI is InChI=1S/C14H17ClN2O4/c1-2-12(18)17-5-3-4-10(17)8-21-13-11(15)6-9(7-16-13)14(19)20/h6-7,10H,2-5,8H2,1H3,(H,19,20)/t10-/m0/s1. The Morgan fingerprint density at radius 2 is 2.33 bits per heavy atom. The van der Waals surface area contributed by atoms with E-state index in [0.29, 0.717) is 13.0 Å². The summed E-state index contributed by atoms with van der Waals surface area (Å²) in [5, 5.41) is 9.00. The number of halogens is 1. The molecule has 0 unspecified atom stereocenters. The van der Waals surface area contributed by atoms with Gasteiger partial charge in [-0.2, -0.15) is 0 Å². The van der Waals surface area contributed by atoms with Crippen LogP contribution in [-0.2, 0) is 4.79 Å². The van der Waals surface area contributed by atoms with E-state index in [1.165, 1.54) is 12.3 Å². The van der Waals surface area contributed by atoms with E-state index in [4.69, 9.17) is 21.4 Å². The molecule has 0 bridgehead atoms. The summed E-state index contributed by atoms with van der Waals surface area (Å²) >= 11 is 5.95. The van der Waals surface area contributed by atoms with Gasteiger partial charge in [-0.15, -0.1) is 0 Å². The van der Waals surface area contributed by atoms with Crippen LogP contribution in [0.3, 0.4) is 0 Å². The Bertz CT molecular complexity index is 550. The number of amides is 1. The number of likely N-dealkylation sites (tertiary alicyclic amines) is 1. The quantitative estimate of drug-likeness (QED) is 0.901. The normalized spacial score (nSPS) is 17.8. The maximum Gasteiger partial charge on any atom is 0.337 e. The number of aromatic nitrogens is 1. The number of ether oxygens (including phenoxy) is 1. The highest BCUT2D eigenvalue weighted by atomic mass is 35.5. The van der Waals surface area contributed by atoms with Crippen molar-refractivity contribution >= 4 is 23.5 Å². The van der Waals surface area contributed by atoms with Crippen molar-refractivity contribution in [1.29, 1.82) is 0 Å². The highest BCUT2D eigenvalue weighted by molar-refractivity contribution is 6.32. The summed E-state index contributed by atoms with van der Waals surface area (Å²) in [5.41, 5.74) is 0.0102. The van der Waals surface area contributed by atoms with E-state index < -0.39 is 5.97 Å². The van der Waals surface area contributed by atoms with Gasteiger partial charge in [-0.05, 0) is 18.9 Å². The zero-order chi connectivity index (χ0) is 15.4. The van der Waals surface area contributed by atoms with Crippen LogP contribution in [0.1, 0.15) is 36.5 Å². The molecule has 1 N–H and O–H groups in total. The molecule has 1 aromatic heterocycles. The Hall–Kier alpha value is -1.82. The van der Waals surface area contributed by atoms with Crippen molar-refractivity contribution < 1.29 is 19.4 Å². The van der Waals surface area contributed by atoms with Gasteiger partial charge in [0.05, 0.1) is 11.6 Å². The molecule has 0 radical (unpaired) electrons. The Morgan fingerprint density at radius 1 is 1.57 bits per heavy atom. The maximum atomic E-state index is 11.8. The van der Waals surface area contributed by atoms with E-state index in [9.17, 15) is 9.59 Å². The number of hydrogen-bond acceptors (Lipinski definition) is 4. The summed E-state index contributed by atoms with van der Waals surface area (Å²) < 4.78 is 5.55. The van der Waals surface area contributed by atoms with E-state index in [-0.39, 0.29) is 28.4 Å². The highest BCUT2D eigenvalue weighted by Crippen LogP contribution is 2.24. The van der Waals surface area contributed by atoms with Gasteiger partial charge in [0.2, 0.25) is 11.8 Å². The Morgan fingerprint density at radius 3 is 2.95 bits per heavy atom. The lowest BCUT2D eigenvalue weighted by Crippen LogP contribution is -2.38. The minimum Gasteiger partial charge on any atom is -0.478 e. The molecule has 1 amide bonds. The average Bonchev–Trinajstić information content (AvgIpc) is 2.93. The summed E-state index contributed by atoms with van der Waals surface area (Å²) in [6.07, 6.45) is 3.52. The van der Waals surface area contributed by atoms with Crippen LogP contribution in [-0.4, -0.2) is 46.1 Å². The number of pyridine rings is 1. The number of carbonyl (C=O) groups excluding carboxylic acids is 1. The molecule has 6 nitrogen and oxygen atoms in total. The third-order valence-electron chi connectivity index (χ3n) is 3.47. The fourth-order valence-electron chi connectivity index (χ4n) is 2.36. The average molecular weight is 313 g/mol. The summed E-state index contributed by atoms with van der Waals surface area (Å²) in [4.78, 5) is 28.3. The first-order valence-electron chi connectivity index (χ1n) is 6.84. The van der Waals surface area contributed by atoms with Gasteiger partial charge in [0, 0.05) is 19.2 Å². The van der Waals surface area contributed by atoms with Gasteiger partial charge in [0.25, 0.3) is 0 Å². The fourth-order valence-corrected chi connectivity index (χ4v) is 2.58. The Labute approximate surface area is 127 Å². The molecule has 0 aromatic carbocycles. The first kappa shape index (κ1) is 15.6. The third kappa shape index (κ3) is 3.64. The molecule has 2 heterocycles. The number of carbonyl (C=O) groups is 2. The predicted octanol–water partition coefficient (Wildman–Crippen LogP) is 2.21. The molecule has 1 aliphatic rings. The zero-order valence-corrected chi connectivity index (χ0v) is 12.5. The second-order valence-electron chi connectivity index (χ2n) is 4.86. The van der Waals surface area contributed by atoms with Crippen molar-refractivity contribution in [2.24, 2.45) is 0 Å². The molecule has 1 fully saturated rings. The Balaban J connectivity index is 1.99. The molecule has 2 rings (SSSR count). The number of rotatable bonds is 5. The molecule has 7 heteroatoms. The van der Waals surface area contributed by atoms with Crippen LogP contribution in [0.15, 0.2) is 12.3 Å². The van der Waals surface area contributed by atoms with Gasteiger partial charge in [-0.25, -0.2) is 9.78 Å². The van der Waals surface area contributed by atoms with Gasteiger partial charge < -0.3 is 14.7 Å². The van der Waals surface area contributed by atoms with Gasteiger partial charge in [-0.1, -0.05) is 18.5 Å². The van der Waals surface area contributed by atoms with Gasteiger partial charge in [-0.3, -0.25) is 4.79 Å². The predicted molar refractivity (Wildman–Crippen MR) is 76.7 cm³/mol. The molecule has 114 valence electrons. The van der Waals surface area contributed by atoms with Crippen LogP contribution in [0.4, 0.5) is 0 Å². The van der Waals surface area contributed by atoms with Gasteiger partial charge >= 0.3 is 5.97 Å². The first-order chi connectivity index (χ1) is 10.0.